The lowest BCUT2D eigenvalue weighted by molar-refractivity contribution is -0.132. The minimum absolute atomic E-state index is 0.0774. The molecular weight excluding hydrogens is 283 g/mol. The molecule has 0 spiro atoms. The molecule has 2 rings (SSSR count). The van der Waals surface area contributed by atoms with E-state index in [1.54, 1.807) is 0 Å². The number of piperidine rings is 1. The van der Waals surface area contributed by atoms with E-state index in [0.717, 1.165) is 25.9 Å². The lowest BCUT2D eigenvalue weighted by atomic mass is 10.0. The summed E-state index contributed by atoms with van der Waals surface area (Å²) >= 11 is 0. The summed E-state index contributed by atoms with van der Waals surface area (Å²) in [4.78, 5) is 14.0. The number of carbonyl (C=O) groups is 1. The topological polar surface area (TPSA) is 44.4 Å². The third kappa shape index (κ3) is 5.73. The first-order valence-corrected chi connectivity index (χ1v) is 7.79. The Kier molecular flexibility index (Phi) is 5.72. The molecule has 0 bridgehead atoms. The second-order valence-electron chi connectivity index (χ2n) is 6.01. The number of halogens is 3. The summed E-state index contributed by atoms with van der Waals surface area (Å²) < 4.78 is 35.9. The fourth-order valence-corrected chi connectivity index (χ4v) is 3.23. The normalized spacial score (nSPS) is 22.4. The summed E-state index contributed by atoms with van der Waals surface area (Å²) in [6.45, 7) is 1.58. The van der Waals surface area contributed by atoms with Gasteiger partial charge in [-0.25, -0.2) is 4.79 Å². The van der Waals surface area contributed by atoms with Gasteiger partial charge in [0.15, 0.2) is 0 Å². The number of likely N-dealkylation sites (tertiary alicyclic amines) is 1. The Balaban J connectivity index is 1.60. The summed E-state index contributed by atoms with van der Waals surface area (Å²) in [6, 6.07) is 0.290. The zero-order valence-electron chi connectivity index (χ0n) is 12.2. The van der Waals surface area contributed by atoms with Gasteiger partial charge in [0.2, 0.25) is 0 Å². The maximum Gasteiger partial charge on any atom is 0.390 e. The van der Waals surface area contributed by atoms with Crippen molar-refractivity contribution < 1.29 is 18.0 Å². The number of urea groups is 1. The molecule has 0 aromatic carbocycles. The van der Waals surface area contributed by atoms with Crippen molar-refractivity contribution in [3.8, 4) is 0 Å². The summed E-state index contributed by atoms with van der Waals surface area (Å²) in [5.41, 5.74) is 0. The van der Waals surface area contributed by atoms with Crippen LogP contribution in [0, 0.1) is 0 Å². The Morgan fingerprint density at radius 2 is 1.71 bits per heavy atom. The number of carbonyl (C=O) groups excluding carboxylic acids is 1. The van der Waals surface area contributed by atoms with Crippen molar-refractivity contribution in [3.63, 3.8) is 0 Å². The predicted molar refractivity (Wildman–Crippen MR) is 74.1 cm³/mol. The number of alkyl halides is 3. The maximum absolute atomic E-state index is 12.0. The van der Waals surface area contributed by atoms with E-state index in [1.807, 2.05) is 0 Å². The van der Waals surface area contributed by atoms with E-state index in [4.69, 9.17) is 0 Å². The highest BCUT2D eigenvalue weighted by atomic mass is 19.4. The van der Waals surface area contributed by atoms with Gasteiger partial charge in [-0.15, -0.1) is 0 Å². The maximum atomic E-state index is 12.0. The molecule has 4 nitrogen and oxygen atoms in total. The van der Waals surface area contributed by atoms with E-state index in [9.17, 15) is 18.0 Å². The van der Waals surface area contributed by atoms with E-state index in [-0.39, 0.29) is 12.6 Å². The Hall–Kier alpha value is -0.980. The van der Waals surface area contributed by atoms with E-state index in [2.05, 4.69) is 15.5 Å². The molecule has 2 amide bonds. The summed E-state index contributed by atoms with van der Waals surface area (Å²) in [5.74, 6) is 0. The molecule has 1 aliphatic carbocycles. The van der Waals surface area contributed by atoms with Gasteiger partial charge in [-0.05, 0) is 25.7 Å². The molecular formula is C14H24F3N3O. The smallest absolute Gasteiger partial charge is 0.338 e. The molecule has 0 aromatic heterocycles. The van der Waals surface area contributed by atoms with Crippen molar-refractivity contribution in [3.05, 3.63) is 0 Å². The molecule has 0 atom stereocenters. The first-order valence-electron chi connectivity index (χ1n) is 7.79. The first-order chi connectivity index (χ1) is 9.94. The minimum atomic E-state index is -4.22. The van der Waals surface area contributed by atoms with Crippen molar-refractivity contribution in [1.82, 2.24) is 15.5 Å². The number of nitrogens with zero attached hydrogens (tertiary/aromatic N) is 1. The molecule has 1 aliphatic heterocycles. The van der Waals surface area contributed by atoms with Crippen LogP contribution in [0.4, 0.5) is 18.0 Å². The SMILES string of the molecule is O=C(NCCC(F)(F)F)NC1CCN(C2CCCC2)CC1. The average Bonchev–Trinajstić information content (AvgIpc) is 2.92. The molecule has 1 saturated heterocycles. The Labute approximate surface area is 123 Å². The zero-order chi connectivity index (χ0) is 15.3. The predicted octanol–water partition coefficient (Wildman–Crippen LogP) is 2.65. The molecule has 2 N–H and O–H groups in total. The number of hydrogen-bond donors (Lipinski definition) is 2. The fraction of sp³-hybridized carbons (Fsp3) is 0.929. The van der Waals surface area contributed by atoms with Crippen LogP contribution < -0.4 is 10.6 Å². The van der Waals surface area contributed by atoms with E-state index < -0.39 is 18.6 Å². The molecule has 21 heavy (non-hydrogen) atoms. The number of amides is 2. The van der Waals surface area contributed by atoms with Gasteiger partial charge in [0, 0.05) is 31.7 Å². The molecule has 2 aliphatic rings. The van der Waals surface area contributed by atoms with E-state index >= 15 is 0 Å². The highest BCUT2D eigenvalue weighted by Crippen LogP contribution is 2.26. The number of nitrogens with one attached hydrogen (secondary N) is 2. The minimum Gasteiger partial charge on any atom is -0.338 e. The molecule has 0 unspecified atom stereocenters. The van der Waals surface area contributed by atoms with Gasteiger partial charge in [0.1, 0.15) is 0 Å². The van der Waals surface area contributed by atoms with Crippen molar-refractivity contribution in [2.75, 3.05) is 19.6 Å². The van der Waals surface area contributed by atoms with Crippen LogP contribution in [0.5, 0.6) is 0 Å². The molecule has 1 heterocycles. The zero-order valence-corrected chi connectivity index (χ0v) is 12.2. The first kappa shape index (κ1) is 16.4. The third-order valence-electron chi connectivity index (χ3n) is 4.40. The number of rotatable bonds is 4. The van der Waals surface area contributed by atoms with Crippen LogP contribution in [0.25, 0.3) is 0 Å². The van der Waals surface area contributed by atoms with Crippen LogP contribution in [-0.2, 0) is 0 Å². The third-order valence-corrected chi connectivity index (χ3v) is 4.40. The average molecular weight is 307 g/mol. The van der Waals surface area contributed by atoms with Gasteiger partial charge in [-0.1, -0.05) is 12.8 Å². The van der Waals surface area contributed by atoms with Gasteiger partial charge in [-0.2, -0.15) is 13.2 Å². The quantitative estimate of drug-likeness (QED) is 0.838. The second kappa shape index (κ2) is 7.33. The Morgan fingerprint density at radius 1 is 1.10 bits per heavy atom. The van der Waals surface area contributed by atoms with E-state index in [0.29, 0.717) is 6.04 Å². The van der Waals surface area contributed by atoms with Crippen molar-refractivity contribution in [2.24, 2.45) is 0 Å². The molecule has 0 aromatic rings. The van der Waals surface area contributed by atoms with E-state index in [1.165, 1.54) is 25.7 Å². The van der Waals surface area contributed by atoms with Crippen LogP contribution in [0.3, 0.4) is 0 Å². The largest absolute Gasteiger partial charge is 0.390 e. The monoisotopic (exact) mass is 307 g/mol. The molecule has 1 saturated carbocycles. The van der Waals surface area contributed by atoms with Crippen molar-refractivity contribution in [2.45, 2.75) is 63.2 Å². The van der Waals surface area contributed by atoms with Crippen LogP contribution in [-0.4, -0.2) is 48.8 Å². The highest BCUT2D eigenvalue weighted by molar-refractivity contribution is 5.74. The van der Waals surface area contributed by atoms with Crippen LogP contribution in [0.2, 0.25) is 0 Å². The second-order valence-corrected chi connectivity index (χ2v) is 6.01. The van der Waals surface area contributed by atoms with Crippen molar-refractivity contribution >= 4 is 6.03 Å². The summed E-state index contributed by atoms with van der Waals surface area (Å²) in [6.07, 6.45) is 1.72. The van der Waals surface area contributed by atoms with Crippen molar-refractivity contribution in [1.29, 1.82) is 0 Å². The lowest BCUT2D eigenvalue weighted by Crippen LogP contribution is -2.50. The highest BCUT2D eigenvalue weighted by Gasteiger charge is 2.28. The Morgan fingerprint density at radius 3 is 2.29 bits per heavy atom. The van der Waals surface area contributed by atoms with Crippen LogP contribution in [0.1, 0.15) is 44.9 Å². The number of hydrogen-bond acceptors (Lipinski definition) is 2. The molecule has 122 valence electrons. The van der Waals surface area contributed by atoms with Crippen LogP contribution in [0.15, 0.2) is 0 Å². The molecule has 7 heteroatoms. The summed E-state index contributed by atoms with van der Waals surface area (Å²) in [5, 5.41) is 5.04. The van der Waals surface area contributed by atoms with Gasteiger partial charge >= 0.3 is 12.2 Å². The molecule has 0 radical (unpaired) electrons. The molecule has 2 fully saturated rings. The fourth-order valence-electron chi connectivity index (χ4n) is 3.23. The van der Waals surface area contributed by atoms with Crippen LogP contribution >= 0.6 is 0 Å². The lowest BCUT2D eigenvalue weighted by Gasteiger charge is -2.36. The Bertz CT molecular complexity index is 335. The van der Waals surface area contributed by atoms with Gasteiger partial charge in [0.05, 0.1) is 6.42 Å². The standard InChI is InChI=1S/C14H24F3N3O/c15-14(16,17)7-8-18-13(21)19-11-5-9-20(10-6-11)12-3-1-2-4-12/h11-12H,1-10H2,(H2,18,19,21). The summed E-state index contributed by atoms with van der Waals surface area (Å²) in [7, 11) is 0. The van der Waals surface area contributed by atoms with Gasteiger partial charge in [0.25, 0.3) is 0 Å². The van der Waals surface area contributed by atoms with Gasteiger partial charge < -0.3 is 15.5 Å². The van der Waals surface area contributed by atoms with Gasteiger partial charge in [-0.3, -0.25) is 0 Å².